The fourth-order valence-corrected chi connectivity index (χ4v) is 3.05. The van der Waals surface area contributed by atoms with E-state index in [1.165, 1.54) is 23.1 Å². The van der Waals surface area contributed by atoms with Crippen molar-refractivity contribution >= 4 is 17.2 Å². The van der Waals surface area contributed by atoms with Gasteiger partial charge >= 0.3 is 6.18 Å². The van der Waals surface area contributed by atoms with E-state index in [1.807, 2.05) is 4.90 Å². The number of phenols is 1. The third kappa shape index (κ3) is 4.68. The van der Waals surface area contributed by atoms with Gasteiger partial charge in [0, 0.05) is 49.2 Å². The van der Waals surface area contributed by atoms with Gasteiger partial charge in [0.25, 0.3) is 0 Å². The Bertz CT molecular complexity index is 832. The monoisotopic (exact) mass is 379 g/mol. The second-order valence-corrected chi connectivity index (χ2v) is 6.43. The average molecular weight is 379 g/mol. The Morgan fingerprint density at radius 1 is 1.15 bits per heavy atom. The molecule has 1 fully saturated rings. The van der Waals surface area contributed by atoms with Crippen LogP contribution in [-0.2, 0) is 0 Å². The molecule has 0 unspecified atom stereocenters. The van der Waals surface area contributed by atoms with Crippen molar-refractivity contribution in [2.24, 2.45) is 0 Å². The molecule has 0 radical (unpaired) electrons. The fraction of sp³-hybridized carbons (Fsp3) is 0.333. The van der Waals surface area contributed by atoms with Crippen LogP contribution in [0.4, 0.5) is 24.7 Å². The summed E-state index contributed by atoms with van der Waals surface area (Å²) >= 11 is 0. The van der Waals surface area contributed by atoms with Crippen LogP contribution in [0.25, 0.3) is 0 Å². The summed E-state index contributed by atoms with van der Waals surface area (Å²) in [6, 6.07) is 7.78. The van der Waals surface area contributed by atoms with E-state index in [4.69, 9.17) is 11.1 Å². The zero-order chi connectivity index (χ0) is 19.6. The van der Waals surface area contributed by atoms with Crippen molar-refractivity contribution in [1.82, 2.24) is 9.88 Å². The number of anilines is 2. The van der Waals surface area contributed by atoms with E-state index in [0.29, 0.717) is 48.8 Å². The maximum Gasteiger partial charge on any atom is 0.401 e. The summed E-state index contributed by atoms with van der Waals surface area (Å²) in [4.78, 5) is 7.56. The number of halogens is 3. The first kappa shape index (κ1) is 19.0. The Kier molecular flexibility index (Phi) is 5.22. The molecule has 1 aromatic carbocycles. The van der Waals surface area contributed by atoms with Gasteiger partial charge in [-0.3, -0.25) is 10.3 Å². The summed E-state index contributed by atoms with van der Waals surface area (Å²) in [5.41, 5.74) is 7.38. The number of hydrogen-bond donors (Lipinski definition) is 3. The summed E-state index contributed by atoms with van der Waals surface area (Å²) in [5.74, 6) is 0.613. The van der Waals surface area contributed by atoms with E-state index in [-0.39, 0.29) is 11.5 Å². The Labute approximate surface area is 154 Å². The minimum Gasteiger partial charge on any atom is -0.508 e. The summed E-state index contributed by atoms with van der Waals surface area (Å²) in [7, 11) is 0. The van der Waals surface area contributed by atoms with E-state index in [0.717, 1.165) is 0 Å². The highest BCUT2D eigenvalue weighted by Gasteiger charge is 2.32. The van der Waals surface area contributed by atoms with Crippen LogP contribution in [0, 0.1) is 5.41 Å². The molecule has 3 rings (SSSR count). The van der Waals surface area contributed by atoms with Gasteiger partial charge in [0.05, 0.1) is 12.3 Å². The summed E-state index contributed by atoms with van der Waals surface area (Å²) in [5, 5.41) is 18.0. The zero-order valence-electron chi connectivity index (χ0n) is 14.5. The molecule has 6 nitrogen and oxygen atoms in total. The Hall–Kier alpha value is -2.81. The van der Waals surface area contributed by atoms with Crippen molar-refractivity contribution in [3.63, 3.8) is 0 Å². The van der Waals surface area contributed by atoms with Crippen molar-refractivity contribution in [2.45, 2.75) is 6.18 Å². The number of alkyl halides is 3. The molecule has 1 aliphatic heterocycles. The molecular formula is C18H20F3N5O. The van der Waals surface area contributed by atoms with Gasteiger partial charge in [0.2, 0.25) is 0 Å². The van der Waals surface area contributed by atoms with Crippen molar-refractivity contribution < 1.29 is 18.3 Å². The molecule has 0 saturated carbocycles. The molecule has 0 amide bonds. The third-order valence-electron chi connectivity index (χ3n) is 4.44. The third-order valence-corrected chi connectivity index (χ3v) is 4.44. The topological polar surface area (TPSA) is 89.5 Å². The second kappa shape index (κ2) is 7.43. The number of nitrogens with one attached hydrogen (secondary N) is 1. The molecule has 0 bridgehead atoms. The Morgan fingerprint density at radius 2 is 1.85 bits per heavy atom. The van der Waals surface area contributed by atoms with E-state index in [1.54, 1.807) is 18.3 Å². The number of hydrogen-bond acceptors (Lipinski definition) is 6. The predicted octanol–water partition coefficient (Wildman–Crippen LogP) is 2.47. The minimum atomic E-state index is -4.20. The number of aromatic nitrogens is 1. The van der Waals surface area contributed by atoms with Crippen LogP contribution in [0.3, 0.4) is 0 Å². The van der Waals surface area contributed by atoms with Gasteiger partial charge < -0.3 is 15.7 Å². The Balaban J connectivity index is 1.73. The lowest BCUT2D eigenvalue weighted by Crippen LogP contribution is -2.49. The van der Waals surface area contributed by atoms with E-state index >= 15 is 0 Å². The number of aromatic hydroxyl groups is 1. The van der Waals surface area contributed by atoms with Crippen molar-refractivity contribution in [1.29, 1.82) is 5.41 Å². The summed E-state index contributed by atoms with van der Waals surface area (Å²) in [6.45, 7) is 0.530. The van der Waals surface area contributed by atoms with Gasteiger partial charge in [0.1, 0.15) is 11.6 Å². The first-order valence-corrected chi connectivity index (χ1v) is 8.41. The molecule has 27 heavy (non-hydrogen) atoms. The van der Waals surface area contributed by atoms with Crippen LogP contribution in [-0.4, -0.2) is 59.6 Å². The minimum absolute atomic E-state index is 0.0130. The number of benzene rings is 1. The smallest absolute Gasteiger partial charge is 0.401 e. The Morgan fingerprint density at radius 3 is 2.52 bits per heavy atom. The highest BCUT2D eigenvalue weighted by atomic mass is 19.4. The molecular weight excluding hydrogens is 359 g/mol. The van der Waals surface area contributed by atoms with Gasteiger partial charge in [-0.1, -0.05) is 0 Å². The maximum absolute atomic E-state index is 12.5. The van der Waals surface area contributed by atoms with Crippen LogP contribution in [0.15, 0.2) is 36.5 Å². The quantitative estimate of drug-likeness (QED) is 0.431. The van der Waals surface area contributed by atoms with Crippen LogP contribution >= 0.6 is 0 Å². The molecule has 1 aromatic heterocycles. The van der Waals surface area contributed by atoms with E-state index in [2.05, 4.69) is 4.98 Å². The number of nitrogens with zero attached hydrogens (tertiary/aromatic N) is 3. The lowest BCUT2D eigenvalue weighted by Gasteiger charge is -2.35. The SMILES string of the molecule is N=C(c1ccnc(N2CCN(CC(F)(F)F)CC2)c1)c1cc(O)ccc1N. The molecule has 2 heterocycles. The fourth-order valence-electron chi connectivity index (χ4n) is 3.05. The van der Waals surface area contributed by atoms with Crippen molar-refractivity contribution in [2.75, 3.05) is 43.4 Å². The molecule has 2 aromatic rings. The molecule has 144 valence electrons. The van der Waals surface area contributed by atoms with Crippen LogP contribution < -0.4 is 10.6 Å². The van der Waals surface area contributed by atoms with Gasteiger partial charge in [-0.15, -0.1) is 0 Å². The van der Waals surface area contributed by atoms with Gasteiger partial charge in [-0.05, 0) is 30.3 Å². The zero-order valence-corrected chi connectivity index (χ0v) is 14.5. The van der Waals surface area contributed by atoms with Crippen molar-refractivity contribution in [3.05, 3.63) is 47.7 Å². The lowest BCUT2D eigenvalue weighted by molar-refractivity contribution is -0.146. The molecule has 4 N–H and O–H groups in total. The van der Waals surface area contributed by atoms with Crippen LogP contribution in [0.5, 0.6) is 5.75 Å². The number of piperazine rings is 1. The normalized spacial score (nSPS) is 15.7. The predicted molar refractivity (Wildman–Crippen MR) is 97.4 cm³/mol. The highest BCUT2D eigenvalue weighted by molar-refractivity contribution is 6.14. The largest absolute Gasteiger partial charge is 0.508 e. The highest BCUT2D eigenvalue weighted by Crippen LogP contribution is 2.24. The van der Waals surface area contributed by atoms with Gasteiger partial charge in [-0.25, -0.2) is 4.98 Å². The molecule has 1 saturated heterocycles. The van der Waals surface area contributed by atoms with Gasteiger partial charge in [0.15, 0.2) is 0 Å². The maximum atomic E-state index is 12.5. The van der Waals surface area contributed by atoms with E-state index in [9.17, 15) is 18.3 Å². The summed E-state index contributed by atoms with van der Waals surface area (Å²) in [6.07, 6.45) is -2.64. The van der Waals surface area contributed by atoms with Crippen LogP contribution in [0.1, 0.15) is 11.1 Å². The molecule has 9 heteroatoms. The number of nitrogens with two attached hydrogens (primary N) is 1. The van der Waals surface area contributed by atoms with Crippen molar-refractivity contribution in [3.8, 4) is 5.75 Å². The first-order valence-electron chi connectivity index (χ1n) is 8.41. The molecule has 1 aliphatic rings. The number of nitrogen functional groups attached to an aromatic ring is 1. The van der Waals surface area contributed by atoms with Crippen LogP contribution in [0.2, 0.25) is 0 Å². The first-order chi connectivity index (χ1) is 12.7. The average Bonchev–Trinajstić information content (AvgIpc) is 2.62. The second-order valence-electron chi connectivity index (χ2n) is 6.43. The molecule has 0 aliphatic carbocycles. The molecule has 0 atom stereocenters. The van der Waals surface area contributed by atoms with Gasteiger partial charge in [-0.2, -0.15) is 13.2 Å². The molecule has 0 spiro atoms. The number of phenolic OH excluding ortho intramolecular Hbond substituents is 1. The number of pyridine rings is 1. The lowest BCUT2D eigenvalue weighted by atomic mass is 10.0. The number of rotatable bonds is 4. The standard InChI is InChI=1S/C18H20F3N5O/c19-18(20,21)11-25-5-7-26(8-6-25)16-9-12(3-4-24-16)17(23)14-10-13(27)1-2-15(14)22/h1-4,9-10,23,27H,5-8,11,22H2. The van der Waals surface area contributed by atoms with E-state index < -0.39 is 12.7 Å². The summed E-state index contributed by atoms with van der Waals surface area (Å²) < 4.78 is 37.5.